The SMILES string of the molecule is CCC1CCCN(Cc2cc(C(=O)O)ccc2OC)C1. The lowest BCUT2D eigenvalue weighted by Crippen LogP contribution is -2.34. The van der Waals surface area contributed by atoms with E-state index in [0.717, 1.165) is 36.9 Å². The highest BCUT2D eigenvalue weighted by atomic mass is 16.5. The van der Waals surface area contributed by atoms with Gasteiger partial charge in [0, 0.05) is 18.7 Å². The summed E-state index contributed by atoms with van der Waals surface area (Å²) in [6.07, 6.45) is 3.74. The van der Waals surface area contributed by atoms with E-state index in [1.165, 1.54) is 19.3 Å². The van der Waals surface area contributed by atoms with Gasteiger partial charge in [-0.15, -0.1) is 0 Å². The predicted octanol–water partition coefficient (Wildman–Crippen LogP) is 3.02. The van der Waals surface area contributed by atoms with Crippen LogP contribution in [-0.2, 0) is 6.54 Å². The third-order valence-electron chi connectivity index (χ3n) is 4.10. The van der Waals surface area contributed by atoms with Crippen molar-refractivity contribution in [1.29, 1.82) is 0 Å². The van der Waals surface area contributed by atoms with E-state index in [0.29, 0.717) is 5.56 Å². The number of methoxy groups -OCH3 is 1. The molecular formula is C16H23NO3. The summed E-state index contributed by atoms with van der Waals surface area (Å²) in [6, 6.07) is 5.08. The standard InChI is InChI=1S/C16H23NO3/c1-3-12-5-4-8-17(10-12)11-14-9-13(16(18)19)6-7-15(14)20-2/h6-7,9,12H,3-5,8,10-11H2,1-2H3,(H,18,19). The van der Waals surface area contributed by atoms with E-state index in [1.54, 1.807) is 25.3 Å². The van der Waals surface area contributed by atoms with Crippen LogP contribution >= 0.6 is 0 Å². The molecule has 0 aromatic heterocycles. The maximum Gasteiger partial charge on any atom is 0.335 e. The minimum Gasteiger partial charge on any atom is -0.496 e. The second kappa shape index (κ2) is 6.75. The molecule has 110 valence electrons. The first kappa shape index (κ1) is 14.9. The topological polar surface area (TPSA) is 49.8 Å². The number of benzene rings is 1. The second-order valence-electron chi connectivity index (χ2n) is 5.48. The van der Waals surface area contributed by atoms with Crippen LogP contribution in [0.15, 0.2) is 18.2 Å². The fraction of sp³-hybridized carbons (Fsp3) is 0.562. The molecule has 4 nitrogen and oxygen atoms in total. The Labute approximate surface area is 120 Å². The highest BCUT2D eigenvalue weighted by Crippen LogP contribution is 2.25. The average molecular weight is 277 g/mol. The summed E-state index contributed by atoms with van der Waals surface area (Å²) in [5, 5.41) is 9.10. The molecule has 0 radical (unpaired) electrons. The molecule has 1 aliphatic heterocycles. The monoisotopic (exact) mass is 277 g/mol. The molecule has 1 heterocycles. The minimum absolute atomic E-state index is 0.324. The summed E-state index contributed by atoms with van der Waals surface area (Å²) in [5.74, 6) is 0.644. The van der Waals surface area contributed by atoms with Gasteiger partial charge in [-0.05, 0) is 43.5 Å². The zero-order valence-corrected chi connectivity index (χ0v) is 12.3. The Morgan fingerprint density at radius 3 is 2.95 bits per heavy atom. The maximum atomic E-state index is 11.1. The molecule has 0 amide bonds. The first-order chi connectivity index (χ1) is 9.63. The molecule has 2 rings (SSSR count). The van der Waals surface area contributed by atoms with Crippen molar-refractivity contribution in [3.8, 4) is 5.75 Å². The number of piperidine rings is 1. The van der Waals surface area contributed by atoms with Crippen LogP contribution in [0.4, 0.5) is 0 Å². The normalized spacial score (nSPS) is 19.8. The van der Waals surface area contributed by atoms with Crippen molar-refractivity contribution in [3.05, 3.63) is 29.3 Å². The van der Waals surface area contributed by atoms with Crippen molar-refractivity contribution in [1.82, 2.24) is 4.90 Å². The Balaban J connectivity index is 2.14. The predicted molar refractivity (Wildman–Crippen MR) is 78.2 cm³/mol. The lowest BCUT2D eigenvalue weighted by atomic mass is 9.95. The zero-order valence-electron chi connectivity index (χ0n) is 12.3. The summed E-state index contributed by atoms with van der Waals surface area (Å²) in [5.41, 5.74) is 1.29. The molecule has 1 atom stereocenters. The van der Waals surface area contributed by atoms with E-state index in [4.69, 9.17) is 9.84 Å². The van der Waals surface area contributed by atoms with Crippen molar-refractivity contribution in [3.63, 3.8) is 0 Å². The number of ether oxygens (including phenoxy) is 1. The Morgan fingerprint density at radius 1 is 1.50 bits per heavy atom. The number of nitrogens with zero attached hydrogens (tertiary/aromatic N) is 1. The van der Waals surface area contributed by atoms with Crippen LogP contribution in [0.25, 0.3) is 0 Å². The van der Waals surface area contributed by atoms with E-state index >= 15 is 0 Å². The fourth-order valence-electron chi connectivity index (χ4n) is 2.90. The van der Waals surface area contributed by atoms with E-state index in [2.05, 4.69) is 11.8 Å². The van der Waals surface area contributed by atoms with E-state index < -0.39 is 5.97 Å². The lowest BCUT2D eigenvalue weighted by Gasteiger charge is -2.32. The Morgan fingerprint density at radius 2 is 2.30 bits per heavy atom. The highest BCUT2D eigenvalue weighted by molar-refractivity contribution is 5.88. The number of aromatic carboxylic acids is 1. The lowest BCUT2D eigenvalue weighted by molar-refractivity contribution is 0.0696. The van der Waals surface area contributed by atoms with E-state index in [9.17, 15) is 4.79 Å². The van der Waals surface area contributed by atoms with Crippen LogP contribution in [0, 0.1) is 5.92 Å². The van der Waals surface area contributed by atoms with Crippen LogP contribution in [0.1, 0.15) is 42.1 Å². The number of carboxylic acids is 1. The first-order valence-corrected chi connectivity index (χ1v) is 7.26. The second-order valence-corrected chi connectivity index (χ2v) is 5.48. The molecule has 1 N–H and O–H groups in total. The number of likely N-dealkylation sites (tertiary alicyclic amines) is 1. The van der Waals surface area contributed by atoms with Gasteiger partial charge in [-0.3, -0.25) is 4.90 Å². The number of carbonyl (C=O) groups is 1. The van der Waals surface area contributed by atoms with Gasteiger partial charge in [-0.1, -0.05) is 13.3 Å². The largest absolute Gasteiger partial charge is 0.496 e. The molecule has 20 heavy (non-hydrogen) atoms. The van der Waals surface area contributed by atoms with Gasteiger partial charge in [0.05, 0.1) is 12.7 Å². The summed E-state index contributed by atoms with van der Waals surface area (Å²) in [6.45, 7) is 5.18. The molecular weight excluding hydrogens is 254 g/mol. The van der Waals surface area contributed by atoms with E-state index in [-0.39, 0.29) is 0 Å². The Hall–Kier alpha value is -1.55. The van der Waals surface area contributed by atoms with Crippen molar-refractivity contribution >= 4 is 5.97 Å². The van der Waals surface area contributed by atoms with Gasteiger partial charge in [0.15, 0.2) is 0 Å². The van der Waals surface area contributed by atoms with Crippen molar-refractivity contribution in [2.45, 2.75) is 32.7 Å². The average Bonchev–Trinajstić information content (AvgIpc) is 2.47. The number of carboxylic acid groups (broad SMARTS) is 1. The summed E-state index contributed by atoms with van der Waals surface area (Å²) in [4.78, 5) is 13.5. The van der Waals surface area contributed by atoms with Gasteiger partial charge >= 0.3 is 5.97 Å². The van der Waals surface area contributed by atoms with Crippen molar-refractivity contribution in [2.75, 3.05) is 20.2 Å². The zero-order chi connectivity index (χ0) is 14.5. The van der Waals surface area contributed by atoms with Crippen LogP contribution < -0.4 is 4.74 Å². The van der Waals surface area contributed by atoms with Crippen LogP contribution in [-0.4, -0.2) is 36.2 Å². The maximum absolute atomic E-state index is 11.1. The summed E-state index contributed by atoms with van der Waals surface area (Å²) < 4.78 is 5.36. The third-order valence-corrected chi connectivity index (χ3v) is 4.10. The minimum atomic E-state index is -0.890. The van der Waals surface area contributed by atoms with Gasteiger partial charge in [0.25, 0.3) is 0 Å². The fourth-order valence-corrected chi connectivity index (χ4v) is 2.90. The van der Waals surface area contributed by atoms with Gasteiger partial charge in [-0.2, -0.15) is 0 Å². The van der Waals surface area contributed by atoms with Gasteiger partial charge in [0.2, 0.25) is 0 Å². The smallest absolute Gasteiger partial charge is 0.335 e. The Kier molecular flexibility index (Phi) is 5.01. The molecule has 1 aromatic rings. The molecule has 0 spiro atoms. The third kappa shape index (κ3) is 3.51. The quantitative estimate of drug-likeness (QED) is 0.899. The number of rotatable bonds is 5. The van der Waals surface area contributed by atoms with Gasteiger partial charge in [0.1, 0.15) is 5.75 Å². The molecule has 0 aliphatic carbocycles. The molecule has 1 unspecified atom stereocenters. The number of hydrogen-bond acceptors (Lipinski definition) is 3. The molecule has 4 heteroatoms. The van der Waals surface area contributed by atoms with Crippen molar-refractivity contribution < 1.29 is 14.6 Å². The molecule has 0 saturated carbocycles. The Bertz CT molecular complexity index is 473. The van der Waals surface area contributed by atoms with Crippen molar-refractivity contribution in [2.24, 2.45) is 5.92 Å². The first-order valence-electron chi connectivity index (χ1n) is 7.26. The number of hydrogen-bond donors (Lipinski definition) is 1. The van der Waals surface area contributed by atoms with E-state index in [1.807, 2.05) is 0 Å². The summed E-state index contributed by atoms with van der Waals surface area (Å²) in [7, 11) is 1.63. The van der Waals surface area contributed by atoms with Crippen LogP contribution in [0.5, 0.6) is 5.75 Å². The molecule has 1 aromatic carbocycles. The van der Waals surface area contributed by atoms with Crippen LogP contribution in [0.3, 0.4) is 0 Å². The highest BCUT2D eigenvalue weighted by Gasteiger charge is 2.20. The molecule has 0 bridgehead atoms. The van der Waals surface area contributed by atoms with Gasteiger partial charge < -0.3 is 9.84 Å². The molecule has 1 fully saturated rings. The van der Waals surface area contributed by atoms with Crippen LogP contribution in [0.2, 0.25) is 0 Å². The summed E-state index contributed by atoms with van der Waals surface area (Å²) >= 11 is 0. The molecule has 1 aliphatic rings. The molecule has 1 saturated heterocycles. The van der Waals surface area contributed by atoms with Gasteiger partial charge in [-0.25, -0.2) is 4.79 Å².